The first-order valence-electron chi connectivity index (χ1n) is 4.98. The molecule has 18 heavy (non-hydrogen) atoms. The van der Waals surface area contributed by atoms with Crippen molar-refractivity contribution in [3.05, 3.63) is 27.2 Å². The monoisotopic (exact) mass is 364 g/mol. The van der Waals surface area contributed by atoms with Crippen molar-refractivity contribution in [3.8, 4) is 5.75 Å². The van der Waals surface area contributed by atoms with Gasteiger partial charge in [0.1, 0.15) is 5.75 Å². The lowest BCUT2D eigenvalue weighted by atomic mass is 10.1. The van der Waals surface area contributed by atoms with Gasteiger partial charge in [-0.2, -0.15) is 13.2 Å². The van der Waals surface area contributed by atoms with Gasteiger partial charge >= 0.3 is 6.18 Å². The molecule has 1 atom stereocenters. The lowest BCUT2D eigenvalue weighted by Gasteiger charge is -2.16. The Hall–Kier alpha value is -0.130. The minimum absolute atomic E-state index is 0.228. The Morgan fingerprint density at radius 2 is 2.00 bits per heavy atom. The fourth-order valence-electron chi connectivity index (χ4n) is 1.47. The Kier molecular flexibility index (Phi) is 5.62. The molecule has 7 heteroatoms. The van der Waals surface area contributed by atoms with Crippen LogP contribution in [-0.4, -0.2) is 13.3 Å². The van der Waals surface area contributed by atoms with Gasteiger partial charge in [0.2, 0.25) is 0 Å². The van der Waals surface area contributed by atoms with E-state index < -0.39 is 18.0 Å². The summed E-state index contributed by atoms with van der Waals surface area (Å²) in [7, 11) is 1.42. The molecule has 0 aliphatic rings. The van der Waals surface area contributed by atoms with E-state index in [2.05, 4.69) is 15.9 Å². The maximum atomic E-state index is 12.1. The highest BCUT2D eigenvalue weighted by atomic mass is 79.9. The van der Waals surface area contributed by atoms with Gasteiger partial charge in [0.15, 0.2) is 0 Å². The fourth-order valence-corrected chi connectivity index (χ4v) is 2.74. The lowest BCUT2D eigenvalue weighted by molar-refractivity contribution is -0.135. The Bertz CT molecular complexity index is 423. The van der Waals surface area contributed by atoms with Crippen molar-refractivity contribution in [2.24, 2.45) is 0 Å². The quantitative estimate of drug-likeness (QED) is 0.619. The van der Waals surface area contributed by atoms with Gasteiger partial charge in [0.25, 0.3) is 0 Å². The summed E-state index contributed by atoms with van der Waals surface area (Å²) in [6, 6.07) is 3.11. The van der Waals surface area contributed by atoms with Crippen LogP contribution in [0.3, 0.4) is 0 Å². The van der Waals surface area contributed by atoms with Crippen LogP contribution in [0.15, 0.2) is 16.6 Å². The minimum atomic E-state index is -4.23. The lowest BCUT2D eigenvalue weighted by Crippen LogP contribution is -2.08. The van der Waals surface area contributed by atoms with Crippen molar-refractivity contribution in [1.29, 1.82) is 0 Å². The van der Waals surface area contributed by atoms with Crippen LogP contribution >= 0.6 is 39.1 Å². The molecule has 0 aliphatic heterocycles. The minimum Gasteiger partial charge on any atom is -0.495 e. The third-order valence-corrected chi connectivity index (χ3v) is 3.52. The molecule has 0 N–H and O–H groups in total. The smallest absolute Gasteiger partial charge is 0.389 e. The van der Waals surface area contributed by atoms with E-state index in [1.807, 2.05) is 0 Å². The standard InChI is InChI=1S/C11H10BrCl2F3O/c1-18-10-7(4-6(13)5-8(10)12)9(14)2-3-11(15,16)17/h4-5,9H,2-3H2,1H3. The molecule has 0 aromatic heterocycles. The normalized spacial score (nSPS) is 13.5. The number of rotatable bonds is 4. The van der Waals surface area contributed by atoms with Gasteiger partial charge in [-0.15, -0.1) is 11.6 Å². The van der Waals surface area contributed by atoms with Crippen LogP contribution in [0.25, 0.3) is 0 Å². The first-order valence-corrected chi connectivity index (χ1v) is 6.59. The molecule has 1 aromatic rings. The van der Waals surface area contributed by atoms with Gasteiger partial charge in [0, 0.05) is 17.0 Å². The van der Waals surface area contributed by atoms with Gasteiger partial charge in [-0.3, -0.25) is 0 Å². The van der Waals surface area contributed by atoms with E-state index in [1.165, 1.54) is 13.2 Å². The second-order valence-corrected chi connectivity index (χ2v) is 5.45. The van der Waals surface area contributed by atoms with E-state index in [4.69, 9.17) is 27.9 Å². The number of alkyl halides is 4. The van der Waals surface area contributed by atoms with Crippen LogP contribution < -0.4 is 4.74 Å². The summed E-state index contributed by atoms with van der Waals surface area (Å²) in [4.78, 5) is 0. The van der Waals surface area contributed by atoms with Crippen LogP contribution in [0.2, 0.25) is 5.02 Å². The molecule has 0 amide bonds. The van der Waals surface area contributed by atoms with Gasteiger partial charge < -0.3 is 4.74 Å². The zero-order valence-electron chi connectivity index (χ0n) is 9.32. The highest BCUT2D eigenvalue weighted by Gasteiger charge is 2.29. The van der Waals surface area contributed by atoms with E-state index in [9.17, 15) is 13.2 Å². The summed E-state index contributed by atoms with van der Waals surface area (Å²) in [5.41, 5.74) is 0.447. The molecule has 0 fully saturated rings. The Morgan fingerprint density at radius 3 is 2.50 bits per heavy atom. The zero-order chi connectivity index (χ0) is 13.9. The summed E-state index contributed by atoms with van der Waals surface area (Å²) < 4.78 is 42.1. The predicted octanol–water partition coefficient (Wildman–Crippen LogP) is 5.73. The molecule has 0 heterocycles. The number of hydrogen-bond donors (Lipinski definition) is 0. The van der Waals surface area contributed by atoms with Crippen molar-refractivity contribution in [2.75, 3.05) is 7.11 Å². The molecule has 0 radical (unpaired) electrons. The highest BCUT2D eigenvalue weighted by Crippen LogP contribution is 2.41. The average molecular weight is 366 g/mol. The maximum Gasteiger partial charge on any atom is 0.389 e. The molecular weight excluding hydrogens is 356 g/mol. The molecule has 0 spiro atoms. The van der Waals surface area contributed by atoms with Crippen molar-refractivity contribution in [3.63, 3.8) is 0 Å². The van der Waals surface area contributed by atoms with Crippen LogP contribution in [0.4, 0.5) is 13.2 Å². The summed E-state index contributed by atoms with van der Waals surface area (Å²) in [6.45, 7) is 0. The van der Waals surface area contributed by atoms with Gasteiger partial charge in [0.05, 0.1) is 17.0 Å². The third kappa shape index (κ3) is 4.52. The van der Waals surface area contributed by atoms with Crippen LogP contribution in [0.1, 0.15) is 23.8 Å². The van der Waals surface area contributed by atoms with Gasteiger partial charge in [-0.1, -0.05) is 11.6 Å². The molecule has 0 saturated heterocycles. The number of halogens is 6. The second kappa shape index (κ2) is 6.35. The predicted molar refractivity (Wildman–Crippen MR) is 69.6 cm³/mol. The van der Waals surface area contributed by atoms with E-state index in [0.29, 0.717) is 20.8 Å². The zero-order valence-corrected chi connectivity index (χ0v) is 12.4. The Morgan fingerprint density at radius 1 is 1.39 bits per heavy atom. The third-order valence-electron chi connectivity index (χ3n) is 2.26. The molecule has 102 valence electrons. The Labute approximate surface area is 121 Å². The van der Waals surface area contributed by atoms with E-state index >= 15 is 0 Å². The topological polar surface area (TPSA) is 9.23 Å². The van der Waals surface area contributed by atoms with Crippen LogP contribution in [0, 0.1) is 0 Å². The van der Waals surface area contributed by atoms with Gasteiger partial charge in [-0.05, 0) is 34.5 Å². The second-order valence-electron chi connectivity index (χ2n) is 3.63. The van der Waals surface area contributed by atoms with Crippen molar-refractivity contribution in [1.82, 2.24) is 0 Å². The molecule has 0 aliphatic carbocycles. The Balaban J connectivity index is 2.94. The fraction of sp³-hybridized carbons (Fsp3) is 0.455. The van der Waals surface area contributed by atoms with Crippen LogP contribution in [-0.2, 0) is 0 Å². The number of ether oxygens (including phenoxy) is 1. The maximum absolute atomic E-state index is 12.1. The molecular formula is C11H10BrCl2F3O. The van der Waals surface area contributed by atoms with Gasteiger partial charge in [-0.25, -0.2) is 0 Å². The molecule has 1 rings (SSSR count). The van der Waals surface area contributed by atoms with Crippen LogP contribution in [0.5, 0.6) is 5.75 Å². The first-order chi connectivity index (χ1) is 8.24. The average Bonchev–Trinajstić information content (AvgIpc) is 2.24. The van der Waals surface area contributed by atoms with E-state index in [1.54, 1.807) is 6.07 Å². The number of benzene rings is 1. The molecule has 0 bridgehead atoms. The van der Waals surface area contributed by atoms with E-state index in [-0.39, 0.29) is 6.42 Å². The molecule has 0 saturated carbocycles. The molecule has 1 nitrogen and oxygen atoms in total. The number of hydrogen-bond acceptors (Lipinski definition) is 1. The number of methoxy groups -OCH3 is 1. The SMILES string of the molecule is COc1c(Br)cc(Cl)cc1C(Cl)CCC(F)(F)F. The summed E-state index contributed by atoms with van der Waals surface area (Å²) in [6.07, 6.45) is -5.40. The van der Waals surface area contributed by atoms with E-state index in [0.717, 1.165) is 0 Å². The largest absolute Gasteiger partial charge is 0.495 e. The van der Waals surface area contributed by atoms with Crippen molar-refractivity contribution >= 4 is 39.1 Å². The molecule has 1 aromatic carbocycles. The first kappa shape index (κ1) is 15.9. The summed E-state index contributed by atoms with van der Waals surface area (Å²) >= 11 is 15.1. The summed E-state index contributed by atoms with van der Waals surface area (Å²) in [5, 5.41) is -0.424. The highest BCUT2D eigenvalue weighted by molar-refractivity contribution is 9.10. The molecule has 1 unspecified atom stereocenters. The summed E-state index contributed by atoms with van der Waals surface area (Å²) in [5.74, 6) is 0.404. The van der Waals surface area contributed by atoms with Crippen molar-refractivity contribution in [2.45, 2.75) is 24.4 Å². The van der Waals surface area contributed by atoms with Crippen molar-refractivity contribution < 1.29 is 17.9 Å².